The molecule has 3 saturated heterocycles. The van der Waals surface area contributed by atoms with Crippen LogP contribution in [-0.2, 0) is 9.59 Å². The number of likely N-dealkylation sites (tertiary alicyclic amines) is 1. The quantitative estimate of drug-likeness (QED) is 0.579. The second-order valence-corrected chi connectivity index (χ2v) is 7.11. The van der Waals surface area contributed by atoms with Gasteiger partial charge in [0.25, 0.3) is 5.91 Å². The Morgan fingerprint density at radius 1 is 1.17 bits per heavy atom. The molecule has 134 valence electrons. The zero-order valence-corrected chi connectivity index (χ0v) is 14.3. The molecule has 3 aliphatic rings. The van der Waals surface area contributed by atoms with E-state index in [2.05, 4.69) is 20.9 Å². The molecule has 3 fully saturated rings. The molecule has 0 aromatic rings. The second kappa shape index (κ2) is 7.06. The van der Waals surface area contributed by atoms with Crippen LogP contribution in [0.15, 0.2) is 0 Å². The number of imide groups is 1. The average molecular weight is 337 g/mol. The number of nitrogens with one attached hydrogen (secondary N) is 3. The summed E-state index contributed by atoms with van der Waals surface area (Å²) in [5.41, 5.74) is -0.792. The Bertz CT molecular complexity index is 512. The molecule has 24 heavy (non-hydrogen) atoms. The number of carbonyl (C=O) groups is 3. The molecular weight excluding hydrogens is 310 g/mol. The van der Waals surface area contributed by atoms with Crippen molar-refractivity contribution in [1.29, 1.82) is 0 Å². The van der Waals surface area contributed by atoms with Gasteiger partial charge in [-0.15, -0.1) is 0 Å². The maximum absolute atomic E-state index is 12.2. The summed E-state index contributed by atoms with van der Waals surface area (Å²) in [5, 5.41) is 8.36. The van der Waals surface area contributed by atoms with Crippen molar-refractivity contribution in [2.24, 2.45) is 5.92 Å². The minimum Gasteiger partial charge on any atom is -0.340 e. The Morgan fingerprint density at radius 3 is 2.42 bits per heavy atom. The molecule has 0 aromatic carbocycles. The maximum Gasteiger partial charge on any atom is 0.322 e. The molecule has 3 N–H and O–H groups in total. The lowest BCUT2D eigenvalue weighted by Gasteiger charge is -2.38. The number of piperidine rings is 1. The summed E-state index contributed by atoms with van der Waals surface area (Å²) >= 11 is 0. The van der Waals surface area contributed by atoms with Gasteiger partial charge in [0.15, 0.2) is 0 Å². The summed E-state index contributed by atoms with van der Waals surface area (Å²) < 4.78 is 0. The Hall–Kier alpha value is -1.67. The molecule has 0 aliphatic carbocycles. The predicted octanol–water partition coefficient (Wildman–Crippen LogP) is -0.882. The van der Waals surface area contributed by atoms with Crippen LogP contribution in [0.25, 0.3) is 0 Å². The molecule has 3 heterocycles. The van der Waals surface area contributed by atoms with Crippen molar-refractivity contribution < 1.29 is 14.4 Å². The number of hydrogen-bond acceptors (Lipinski definition) is 5. The third-order valence-electron chi connectivity index (χ3n) is 5.59. The third kappa shape index (κ3) is 3.54. The highest BCUT2D eigenvalue weighted by Gasteiger charge is 2.48. The van der Waals surface area contributed by atoms with E-state index in [4.69, 9.17) is 0 Å². The van der Waals surface area contributed by atoms with Gasteiger partial charge >= 0.3 is 6.03 Å². The van der Waals surface area contributed by atoms with Crippen molar-refractivity contribution >= 4 is 17.8 Å². The van der Waals surface area contributed by atoms with Crippen molar-refractivity contribution in [2.45, 2.75) is 31.7 Å². The van der Waals surface area contributed by atoms with Crippen LogP contribution >= 0.6 is 0 Å². The van der Waals surface area contributed by atoms with Gasteiger partial charge in [-0.3, -0.25) is 14.9 Å². The molecule has 0 radical (unpaired) electrons. The van der Waals surface area contributed by atoms with Gasteiger partial charge < -0.3 is 20.4 Å². The number of nitrogens with zero attached hydrogens (tertiary/aromatic N) is 2. The van der Waals surface area contributed by atoms with Gasteiger partial charge in [-0.2, -0.15) is 0 Å². The van der Waals surface area contributed by atoms with Gasteiger partial charge in [0.2, 0.25) is 5.91 Å². The Labute approximate surface area is 142 Å². The Kier molecular flexibility index (Phi) is 5.05. The molecule has 8 heteroatoms. The van der Waals surface area contributed by atoms with Gasteiger partial charge in [0.1, 0.15) is 5.54 Å². The smallest absolute Gasteiger partial charge is 0.322 e. The first-order valence-corrected chi connectivity index (χ1v) is 8.83. The largest absolute Gasteiger partial charge is 0.340 e. The summed E-state index contributed by atoms with van der Waals surface area (Å²) in [4.78, 5) is 39.9. The molecule has 3 rings (SSSR count). The highest BCUT2D eigenvalue weighted by molar-refractivity contribution is 6.06. The fourth-order valence-electron chi connectivity index (χ4n) is 3.90. The summed E-state index contributed by atoms with van der Waals surface area (Å²) in [6.45, 7) is 7.65. The lowest BCUT2D eigenvalue weighted by atomic mass is 9.79. The van der Waals surface area contributed by atoms with Crippen LogP contribution in [0.2, 0.25) is 0 Å². The highest BCUT2D eigenvalue weighted by atomic mass is 16.2. The van der Waals surface area contributed by atoms with E-state index in [0.717, 1.165) is 58.7 Å². The Balaban J connectivity index is 1.43. The molecule has 4 amide bonds. The van der Waals surface area contributed by atoms with E-state index in [-0.39, 0.29) is 17.7 Å². The molecular formula is C16H27N5O3. The van der Waals surface area contributed by atoms with Crippen molar-refractivity contribution in [1.82, 2.24) is 25.8 Å². The number of carbonyl (C=O) groups excluding carboxylic acids is 3. The molecule has 1 unspecified atom stereocenters. The van der Waals surface area contributed by atoms with Crippen molar-refractivity contribution in [2.75, 3.05) is 45.8 Å². The van der Waals surface area contributed by atoms with Crippen LogP contribution in [0.3, 0.4) is 0 Å². The first-order valence-electron chi connectivity index (χ1n) is 8.83. The van der Waals surface area contributed by atoms with Crippen LogP contribution in [0.1, 0.15) is 26.2 Å². The van der Waals surface area contributed by atoms with E-state index in [0.29, 0.717) is 6.42 Å². The van der Waals surface area contributed by atoms with Crippen LogP contribution in [0.4, 0.5) is 4.79 Å². The van der Waals surface area contributed by atoms with Gasteiger partial charge in [-0.05, 0) is 38.8 Å². The molecule has 0 bridgehead atoms. The van der Waals surface area contributed by atoms with E-state index in [1.807, 2.05) is 11.8 Å². The molecule has 1 atom stereocenters. The van der Waals surface area contributed by atoms with Crippen molar-refractivity contribution in [3.63, 3.8) is 0 Å². The molecule has 0 spiro atoms. The van der Waals surface area contributed by atoms with Crippen LogP contribution in [0.5, 0.6) is 0 Å². The Morgan fingerprint density at radius 2 is 1.83 bits per heavy atom. The number of amides is 4. The van der Waals surface area contributed by atoms with E-state index in [1.165, 1.54) is 0 Å². The van der Waals surface area contributed by atoms with Crippen LogP contribution in [-0.4, -0.2) is 79.0 Å². The lowest BCUT2D eigenvalue weighted by Crippen LogP contribution is -2.54. The topological polar surface area (TPSA) is 93.8 Å². The highest BCUT2D eigenvalue weighted by Crippen LogP contribution is 2.30. The minimum absolute atomic E-state index is 0.143. The van der Waals surface area contributed by atoms with E-state index in [1.54, 1.807) is 0 Å². The minimum atomic E-state index is -0.792. The maximum atomic E-state index is 12.2. The first-order chi connectivity index (χ1) is 11.5. The van der Waals surface area contributed by atoms with Crippen LogP contribution in [0, 0.1) is 5.92 Å². The molecule has 0 saturated carbocycles. The molecule has 8 nitrogen and oxygen atoms in total. The zero-order chi connectivity index (χ0) is 17.2. The standard InChI is InChI=1S/C16H27N5O3/c1-16(14(23)18-15(24)19-16)12-2-7-20(8-3-12)9-4-13(22)21-10-5-17-6-11-21/h12,17H,2-11H2,1H3,(H2,18,19,23,24). The van der Waals surface area contributed by atoms with Crippen molar-refractivity contribution in [3.05, 3.63) is 0 Å². The van der Waals surface area contributed by atoms with Gasteiger partial charge in [-0.25, -0.2) is 4.79 Å². The summed E-state index contributed by atoms with van der Waals surface area (Å²) in [7, 11) is 0. The summed E-state index contributed by atoms with van der Waals surface area (Å²) in [6.07, 6.45) is 2.26. The molecule has 3 aliphatic heterocycles. The number of hydrogen-bond donors (Lipinski definition) is 3. The average Bonchev–Trinajstić information content (AvgIpc) is 2.87. The monoisotopic (exact) mass is 337 g/mol. The summed E-state index contributed by atoms with van der Waals surface area (Å²) in [5.74, 6) is 0.150. The fraction of sp³-hybridized carbons (Fsp3) is 0.812. The molecule has 0 aromatic heterocycles. The number of piperazine rings is 1. The second-order valence-electron chi connectivity index (χ2n) is 7.11. The fourth-order valence-corrected chi connectivity index (χ4v) is 3.90. The van der Waals surface area contributed by atoms with Gasteiger partial charge in [0, 0.05) is 39.1 Å². The lowest BCUT2D eigenvalue weighted by molar-refractivity contribution is -0.132. The predicted molar refractivity (Wildman–Crippen MR) is 88.3 cm³/mol. The van der Waals surface area contributed by atoms with E-state index >= 15 is 0 Å². The number of urea groups is 1. The zero-order valence-electron chi connectivity index (χ0n) is 14.3. The van der Waals surface area contributed by atoms with E-state index < -0.39 is 11.6 Å². The number of rotatable bonds is 4. The first kappa shape index (κ1) is 17.2. The van der Waals surface area contributed by atoms with E-state index in [9.17, 15) is 14.4 Å². The summed E-state index contributed by atoms with van der Waals surface area (Å²) in [6, 6.07) is -0.397. The SMILES string of the molecule is CC1(C2CCN(CCC(=O)N3CCNCC3)CC2)NC(=O)NC1=O. The normalized spacial score (nSPS) is 29.5. The van der Waals surface area contributed by atoms with Gasteiger partial charge in [-0.1, -0.05) is 0 Å². The van der Waals surface area contributed by atoms with Gasteiger partial charge in [0.05, 0.1) is 0 Å². The third-order valence-corrected chi connectivity index (χ3v) is 5.59. The van der Waals surface area contributed by atoms with Crippen LogP contribution < -0.4 is 16.0 Å². The van der Waals surface area contributed by atoms with Crippen molar-refractivity contribution in [3.8, 4) is 0 Å².